The van der Waals surface area contributed by atoms with E-state index in [1.165, 1.54) is 38.6 Å². The Balaban J connectivity index is 0.997. The first kappa shape index (κ1) is 35.9. The highest BCUT2D eigenvalue weighted by Gasteiger charge is 2.17. The van der Waals surface area contributed by atoms with Gasteiger partial charge in [-0.2, -0.15) is 0 Å². The number of fused-ring (bicyclic) bond motifs is 3. The summed E-state index contributed by atoms with van der Waals surface area (Å²) in [5.41, 5.74) is 15.5. The average molecular weight is 779 g/mol. The van der Waals surface area contributed by atoms with Crippen molar-refractivity contribution < 1.29 is 0 Å². The molecule has 0 aliphatic carbocycles. The standard InChI is InChI=1S/C57H38N4/c1-4-14-39(15-5-1)41-26-28-43(29-27-41)48-22-13-23-50(37-48)61-53-25-11-10-24-51(53)52-35-34-49(38-54(52)61)57-59-55(44-18-8-3-9-19-44)58-56(60-57)45-32-30-42(31-33-45)47-21-12-20-46(36-47)40-16-6-2-7-17-40/h1-38H. The van der Waals surface area contributed by atoms with Crippen LogP contribution >= 0.6 is 0 Å². The third-order valence-electron chi connectivity index (χ3n) is 11.5. The molecule has 0 amide bonds. The number of rotatable bonds is 8. The maximum Gasteiger partial charge on any atom is 0.164 e. The lowest BCUT2D eigenvalue weighted by Gasteiger charge is -2.12. The number of aromatic nitrogens is 4. The molecule has 4 heteroatoms. The fraction of sp³-hybridized carbons (Fsp3) is 0. The summed E-state index contributed by atoms with van der Waals surface area (Å²) in [6, 6.07) is 81.2. The normalized spacial score (nSPS) is 11.3. The van der Waals surface area contributed by atoms with Gasteiger partial charge in [-0.15, -0.1) is 0 Å². The van der Waals surface area contributed by atoms with Crippen molar-refractivity contribution in [2.75, 3.05) is 0 Å². The minimum Gasteiger partial charge on any atom is -0.309 e. The lowest BCUT2D eigenvalue weighted by molar-refractivity contribution is 1.07. The van der Waals surface area contributed by atoms with E-state index in [9.17, 15) is 0 Å². The van der Waals surface area contributed by atoms with E-state index in [1.54, 1.807) is 0 Å². The van der Waals surface area contributed by atoms with Crippen molar-refractivity contribution in [1.29, 1.82) is 0 Å². The van der Waals surface area contributed by atoms with Gasteiger partial charge in [-0.05, 0) is 74.8 Å². The molecule has 0 atom stereocenters. The highest BCUT2D eigenvalue weighted by Crippen LogP contribution is 2.37. The third-order valence-corrected chi connectivity index (χ3v) is 11.5. The summed E-state index contributed by atoms with van der Waals surface area (Å²) in [4.78, 5) is 15.3. The summed E-state index contributed by atoms with van der Waals surface area (Å²) >= 11 is 0. The van der Waals surface area contributed by atoms with Crippen LogP contribution in [0.1, 0.15) is 0 Å². The Bertz CT molecular complexity index is 3320. The van der Waals surface area contributed by atoms with Gasteiger partial charge in [0.25, 0.3) is 0 Å². The van der Waals surface area contributed by atoms with Gasteiger partial charge in [0.1, 0.15) is 0 Å². The van der Waals surface area contributed by atoms with E-state index < -0.39 is 0 Å². The van der Waals surface area contributed by atoms with Gasteiger partial charge in [0.15, 0.2) is 17.5 Å². The molecule has 0 aliphatic rings. The minimum absolute atomic E-state index is 0.620. The highest BCUT2D eigenvalue weighted by molar-refractivity contribution is 6.10. The second kappa shape index (κ2) is 15.5. The third kappa shape index (κ3) is 6.96. The van der Waals surface area contributed by atoms with Crippen molar-refractivity contribution in [3.63, 3.8) is 0 Å². The lowest BCUT2D eigenvalue weighted by atomic mass is 9.98. The molecule has 0 radical (unpaired) electrons. The molecule has 11 rings (SSSR count). The molecule has 0 saturated carbocycles. The summed E-state index contributed by atoms with van der Waals surface area (Å²) in [5, 5.41) is 2.36. The van der Waals surface area contributed by atoms with Crippen LogP contribution in [0, 0.1) is 0 Å². The average Bonchev–Trinajstić information content (AvgIpc) is 3.68. The van der Waals surface area contributed by atoms with Crippen LogP contribution in [0.4, 0.5) is 0 Å². The topological polar surface area (TPSA) is 43.6 Å². The van der Waals surface area contributed by atoms with E-state index in [4.69, 9.17) is 15.0 Å². The number of nitrogens with zero attached hydrogens (tertiary/aromatic N) is 4. The van der Waals surface area contributed by atoms with Crippen molar-refractivity contribution >= 4 is 21.8 Å². The molecule has 11 aromatic rings. The van der Waals surface area contributed by atoms with Crippen LogP contribution in [0.2, 0.25) is 0 Å². The van der Waals surface area contributed by atoms with Crippen LogP contribution in [-0.2, 0) is 0 Å². The predicted molar refractivity (Wildman–Crippen MR) is 252 cm³/mol. The van der Waals surface area contributed by atoms with Gasteiger partial charge in [-0.3, -0.25) is 0 Å². The Morgan fingerprint density at radius 3 is 1.21 bits per heavy atom. The number of hydrogen-bond donors (Lipinski definition) is 0. The molecule has 2 heterocycles. The molecule has 0 aliphatic heterocycles. The summed E-state index contributed by atoms with van der Waals surface area (Å²) in [6.07, 6.45) is 0. The van der Waals surface area contributed by atoms with E-state index in [2.05, 4.69) is 211 Å². The van der Waals surface area contributed by atoms with E-state index in [-0.39, 0.29) is 0 Å². The summed E-state index contributed by atoms with van der Waals surface area (Å²) < 4.78 is 2.36. The molecule has 286 valence electrons. The van der Waals surface area contributed by atoms with Gasteiger partial charge >= 0.3 is 0 Å². The van der Waals surface area contributed by atoms with Gasteiger partial charge in [0.05, 0.1) is 11.0 Å². The molecular formula is C57H38N4. The number of benzene rings is 9. The monoisotopic (exact) mass is 778 g/mol. The molecule has 61 heavy (non-hydrogen) atoms. The predicted octanol–water partition coefficient (Wildman–Crippen LogP) is 14.6. The van der Waals surface area contributed by atoms with E-state index >= 15 is 0 Å². The van der Waals surface area contributed by atoms with Crippen LogP contribution in [-0.4, -0.2) is 19.5 Å². The quantitative estimate of drug-likeness (QED) is 0.154. The molecule has 0 saturated heterocycles. The molecule has 0 N–H and O–H groups in total. The minimum atomic E-state index is 0.620. The first-order chi connectivity index (χ1) is 30.2. The first-order valence-electron chi connectivity index (χ1n) is 20.6. The van der Waals surface area contributed by atoms with Gasteiger partial charge in [-0.1, -0.05) is 200 Å². The maximum atomic E-state index is 5.17. The Kier molecular flexibility index (Phi) is 9.14. The van der Waals surface area contributed by atoms with E-state index in [0.717, 1.165) is 50.1 Å². The van der Waals surface area contributed by atoms with Gasteiger partial charge < -0.3 is 4.57 Å². The van der Waals surface area contributed by atoms with Crippen molar-refractivity contribution in [2.45, 2.75) is 0 Å². The zero-order valence-corrected chi connectivity index (χ0v) is 33.2. The smallest absolute Gasteiger partial charge is 0.164 e. The van der Waals surface area contributed by atoms with Crippen molar-refractivity contribution in [3.8, 4) is 84.4 Å². The molecule has 0 fully saturated rings. The van der Waals surface area contributed by atoms with Crippen molar-refractivity contribution in [2.24, 2.45) is 0 Å². The molecule has 4 nitrogen and oxygen atoms in total. The Hall–Kier alpha value is -8.21. The van der Waals surface area contributed by atoms with Crippen molar-refractivity contribution in [3.05, 3.63) is 231 Å². The molecule has 0 spiro atoms. The van der Waals surface area contributed by atoms with Crippen LogP contribution in [0.15, 0.2) is 231 Å². The van der Waals surface area contributed by atoms with Crippen LogP contribution in [0.5, 0.6) is 0 Å². The zero-order chi connectivity index (χ0) is 40.5. The zero-order valence-electron chi connectivity index (χ0n) is 33.2. The SMILES string of the molecule is c1ccc(-c2ccc(-c3cccc(-n4c5ccccc5c5ccc(-c6nc(-c7ccccc7)nc(-c7ccc(-c8cccc(-c9ccccc9)c8)cc7)n6)cc54)c3)cc2)cc1. The molecular weight excluding hydrogens is 741 g/mol. The highest BCUT2D eigenvalue weighted by atomic mass is 15.0. The van der Waals surface area contributed by atoms with Crippen molar-refractivity contribution in [1.82, 2.24) is 19.5 Å². The summed E-state index contributed by atoms with van der Waals surface area (Å²) in [7, 11) is 0. The van der Waals surface area contributed by atoms with Gasteiger partial charge in [0.2, 0.25) is 0 Å². The van der Waals surface area contributed by atoms with Crippen LogP contribution in [0.25, 0.3) is 106 Å². The van der Waals surface area contributed by atoms with E-state index in [1.807, 2.05) is 24.3 Å². The summed E-state index contributed by atoms with van der Waals surface area (Å²) in [5.74, 6) is 1.88. The second-order valence-corrected chi connectivity index (χ2v) is 15.3. The Morgan fingerprint density at radius 1 is 0.230 bits per heavy atom. The molecule has 0 unspecified atom stereocenters. The Labute approximate surface area is 354 Å². The van der Waals surface area contributed by atoms with Gasteiger partial charge in [-0.25, -0.2) is 15.0 Å². The fourth-order valence-corrected chi connectivity index (χ4v) is 8.37. The fourth-order valence-electron chi connectivity index (χ4n) is 8.37. The lowest BCUT2D eigenvalue weighted by Crippen LogP contribution is -2.00. The number of hydrogen-bond acceptors (Lipinski definition) is 3. The second-order valence-electron chi connectivity index (χ2n) is 15.3. The maximum absolute atomic E-state index is 5.17. The summed E-state index contributed by atoms with van der Waals surface area (Å²) in [6.45, 7) is 0. The number of para-hydroxylation sites is 1. The van der Waals surface area contributed by atoms with Crippen LogP contribution < -0.4 is 0 Å². The van der Waals surface area contributed by atoms with E-state index in [0.29, 0.717) is 17.5 Å². The molecule has 2 aromatic heterocycles. The Morgan fingerprint density at radius 2 is 0.607 bits per heavy atom. The van der Waals surface area contributed by atoms with Crippen LogP contribution in [0.3, 0.4) is 0 Å². The largest absolute Gasteiger partial charge is 0.309 e. The molecule has 0 bridgehead atoms. The van der Waals surface area contributed by atoms with Gasteiger partial charge in [0, 0.05) is 33.2 Å². The first-order valence-corrected chi connectivity index (χ1v) is 20.6. The molecule has 9 aromatic carbocycles.